The van der Waals surface area contributed by atoms with E-state index in [2.05, 4.69) is 92.1 Å². The number of phosphoric ester groups is 1. The van der Waals surface area contributed by atoms with Gasteiger partial charge in [0.15, 0.2) is 0 Å². The number of phosphoric acid groups is 1. The van der Waals surface area contributed by atoms with Gasteiger partial charge in [-0.05, 0) is 83.5 Å². The summed E-state index contributed by atoms with van der Waals surface area (Å²) in [5.41, 5.74) is 0. The molecule has 1 amide bonds. The number of carbonyl (C=O) groups is 1. The molecular weight excluding hydrogens is 768 g/mol. The Balaban J connectivity index is 4.39. The Morgan fingerprint density at radius 1 is 0.583 bits per heavy atom. The smallest absolute Gasteiger partial charge is 0.387 e. The molecule has 0 heterocycles. The van der Waals surface area contributed by atoms with Crippen LogP contribution in [0.2, 0.25) is 0 Å². The maximum Gasteiger partial charge on any atom is 0.472 e. The van der Waals surface area contributed by atoms with E-state index >= 15 is 0 Å². The first-order valence-electron chi connectivity index (χ1n) is 24.0. The lowest BCUT2D eigenvalue weighted by molar-refractivity contribution is -0.870. The number of hydrogen-bond acceptors (Lipinski definition) is 5. The molecule has 0 saturated heterocycles. The molecule has 8 nitrogen and oxygen atoms in total. The first-order valence-corrected chi connectivity index (χ1v) is 25.5. The van der Waals surface area contributed by atoms with Crippen LogP contribution in [-0.4, -0.2) is 73.4 Å². The van der Waals surface area contributed by atoms with Crippen LogP contribution in [0.15, 0.2) is 85.1 Å². The van der Waals surface area contributed by atoms with Crippen molar-refractivity contribution in [3.8, 4) is 0 Å². The van der Waals surface area contributed by atoms with Crippen LogP contribution < -0.4 is 5.32 Å². The monoisotopic (exact) mass is 860 g/mol. The van der Waals surface area contributed by atoms with E-state index in [1.165, 1.54) is 83.5 Å². The number of unbranched alkanes of at least 4 members (excludes halogenated alkanes) is 17. The van der Waals surface area contributed by atoms with Crippen LogP contribution in [0.1, 0.15) is 181 Å². The van der Waals surface area contributed by atoms with Gasteiger partial charge in [0.05, 0.1) is 39.9 Å². The number of quaternary nitrogens is 1. The van der Waals surface area contributed by atoms with E-state index in [1.807, 2.05) is 27.2 Å². The zero-order valence-electron chi connectivity index (χ0n) is 39.2. The number of allylic oxidation sites excluding steroid dienone is 13. The predicted molar refractivity (Wildman–Crippen MR) is 258 cm³/mol. The van der Waals surface area contributed by atoms with Crippen molar-refractivity contribution in [2.24, 2.45) is 0 Å². The van der Waals surface area contributed by atoms with Crippen LogP contribution in [0.25, 0.3) is 0 Å². The Kier molecular flexibility index (Phi) is 40.4. The van der Waals surface area contributed by atoms with E-state index < -0.39 is 20.0 Å². The molecular formula is C51H92N2O6P+. The molecule has 3 unspecified atom stereocenters. The standard InChI is InChI=1S/C51H91N2O6P/c1-6-8-10-12-14-16-18-20-22-23-24-25-26-27-28-29-31-33-35-37-39-41-43-45-51(55)52-49(48-59-60(56,57)58-47-46-53(3,4)5)50(54)44-42-40-38-36-34-32-30-21-19-17-15-13-11-9-7-2/h8,10,14,16,19-22,24-25,34,36,42,44,49-50,54H,6-7,9,11-13,15,17-18,23,26-33,35,37-41,43,45-48H2,1-5H3,(H-,52,55,56,57)/p+1/b10-8-,16-14-,21-19+,22-20-,25-24-,36-34+,44-42+. The highest BCUT2D eigenvalue weighted by Crippen LogP contribution is 2.43. The van der Waals surface area contributed by atoms with Crippen molar-refractivity contribution in [2.45, 2.75) is 193 Å². The molecule has 60 heavy (non-hydrogen) atoms. The number of aliphatic hydroxyl groups excluding tert-OH is 1. The Labute approximate surface area is 369 Å². The zero-order valence-corrected chi connectivity index (χ0v) is 40.1. The topological polar surface area (TPSA) is 105 Å². The molecule has 0 aliphatic carbocycles. The summed E-state index contributed by atoms with van der Waals surface area (Å²) in [5, 5.41) is 13.8. The van der Waals surface area contributed by atoms with Gasteiger partial charge in [0.1, 0.15) is 13.2 Å². The lowest BCUT2D eigenvalue weighted by Gasteiger charge is -2.25. The van der Waals surface area contributed by atoms with Crippen molar-refractivity contribution in [3.05, 3.63) is 85.1 Å². The van der Waals surface area contributed by atoms with Gasteiger partial charge >= 0.3 is 7.82 Å². The minimum atomic E-state index is -4.36. The number of hydrogen-bond donors (Lipinski definition) is 3. The van der Waals surface area contributed by atoms with Gasteiger partial charge in [0.25, 0.3) is 0 Å². The number of likely N-dealkylation sites (N-methyl/N-ethyl adjacent to an activating group) is 1. The molecule has 346 valence electrons. The molecule has 0 bridgehead atoms. The van der Waals surface area contributed by atoms with E-state index in [0.717, 1.165) is 77.0 Å². The fraction of sp³-hybridized carbons (Fsp3) is 0.706. The van der Waals surface area contributed by atoms with Gasteiger partial charge < -0.3 is 19.8 Å². The van der Waals surface area contributed by atoms with Crippen LogP contribution >= 0.6 is 7.82 Å². The molecule has 0 aromatic heterocycles. The summed E-state index contributed by atoms with van der Waals surface area (Å²) < 4.78 is 23.6. The van der Waals surface area contributed by atoms with E-state index in [0.29, 0.717) is 17.4 Å². The van der Waals surface area contributed by atoms with Crippen molar-refractivity contribution in [1.29, 1.82) is 0 Å². The van der Waals surface area contributed by atoms with E-state index in [-0.39, 0.29) is 19.1 Å². The normalized spacial score (nSPS) is 15.0. The Hall–Kier alpha value is -2.32. The van der Waals surface area contributed by atoms with E-state index in [1.54, 1.807) is 6.08 Å². The number of nitrogens with zero attached hydrogens (tertiary/aromatic N) is 1. The van der Waals surface area contributed by atoms with Crippen LogP contribution in [0, 0.1) is 0 Å². The Morgan fingerprint density at radius 3 is 1.53 bits per heavy atom. The molecule has 9 heteroatoms. The largest absolute Gasteiger partial charge is 0.472 e. The number of aliphatic hydroxyl groups is 1. The third kappa shape index (κ3) is 43.8. The minimum absolute atomic E-state index is 0.0486. The quantitative estimate of drug-likeness (QED) is 0.0244. The molecule has 0 aliphatic rings. The number of carbonyl (C=O) groups excluding carboxylic acids is 1. The van der Waals surface area contributed by atoms with Gasteiger partial charge in [-0.2, -0.15) is 0 Å². The predicted octanol–water partition coefficient (Wildman–Crippen LogP) is 13.7. The van der Waals surface area contributed by atoms with Crippen molar-refractivity contribution < 1.29 is 32.9 Å². The van der Waals surface area contributed by atoms with Gasteiger partial charge in [0, 0.05) is 6.42 Å². The molecule has 0 radical (unpaired) electrons. The molecule has 0 fully saturated rings. The van der Waals surface area contributed by atoms with E-state index in [9.17, 15) is 19.4 Å². The maximum absolute atomic E-state index is 12.9. The summed E-state index contributed by atoms with van der Waals surface area (Å²) in [4.78, 5) is 23.2. The van der Waals surface area contributed by atoms with E-state index in [4.69, 9.17) is 9.05 Å². The highest BCUT2D eigenvalue weighted by Gasteiger charge is 2.27. The van der Waals surface area contributed by atoms with Crippen LogP contribution in [0.3, 0.4) is 0 Å². The van der Waals surface area contributed by atoms with Crippen LogP contribution in [0.5, 0.6) is 0 Å². The molecule has 3 N–H and O–H groups in total. The van der Waals surface area contributed by atoms with Crippen LogP contribution in [0.4, 0.5) is 0 Å². The molecule has 0 rings (SSSR count). The summed E-state index contributed by atoms with van der Waals surface area (Å²) in [6.07, 6.45) is 58.0. The highest BCUT2D eigenvalue weighted by molar-refractivity contribution is 7.47. The third-order valence-electron chi connectivity index (χ3n) is 10.1. The average Bonchev–Trinajstić information content (AvgIpc) is 3.20. The summed E-state index contributed by atoms with van der Waals surface area (Å²) in [6.45, 7) is 4.64. The second kappa shape index (κ2) is 42.0. The fourth-order valence-electron chi connectivity index (χ4n) is 6.30. The maximum atomic E-state index is 12.9. The zero-order chi connectivity index (χ0) is 44.3. The first-order chi connectivity index (χ1) is 29.0. The summed E-state index contributed by atoms with van der Waals surface area (Å²) >= 11 is 0. The van der Waals surface area contributed by atoms with Gasteiger partial charge in [-0.15, -0.1) is 0 Å². The fourth-order valence-corrected chi connectivity index (χ4v) is 7.03. The molecule has 0 aliphatic heterocycles. The SMILES string of the molecule is CC/C=C\C/C=C\C/C=C\C/C=C\CCCCCCCCCCCCC(=O)NC(COP(=O)(O)OCC[N+](C)(C)C)C(O)/C=C/CC/C=C/CC/C=C/CCCCCCC. The van der Waals surface area contributed by atoms with Crippen molar-refractivity contribution >= 4 is 13.7 Å². The number of amides is 1. The molecule has 3 atom stereocenters. The second-order valence-electron chi connectivity index (χ2n) is 17.1. The lowest BCUT2D eigenvalue weighted by atomic mass is 10.0. The number of rotatable bonds is 42. The second-order valence-corrected chi connectivity index (χ2v) is 18.5. The van der Waals surface area contributed by atoms with Crippen LogP contribution in [-0.2, 0) is 18.4 Å². The summed E-state index contributed by atoms with van der Waals surface area (Å²) in [5.74, 6) is -0.200. The molecule has 0 saturated carbocycles. The Morgan fingerprint density at radius 2 is 1.02 bits per heavy atom. The van der Waals surface area contributed by atoms with Gasteiger partial charge in [0.2, 0.25) is 5.91 Å². The molecule has 0 spiro atoms. The average molecular weight is 860 g/mol. The first kappa shape index (κ1) is 57.7. The molecule has 0 aromatic carbocycles. The van der Waals surface area contributed by atoms with Gasteiger partial charge in [-0.1, -0.05) is 176 Å². The van der Waals surface area contributed by atoms with Crippen molar-refractivity contribution in [2.75, 3.05) is 40.9 Å². The summed E-state index contributed by atoms with van der Waals surface area (Å²) in [7, 11) is 1.53. The van der Waals surface area contributed by atoms with Gasteiger partial charge in [-0.3, -0.25) is 13.8 Å². The molecule has 0 aromatic rings. The highest BCUT2D eigenvalue weighted by atomic mass is 31.2. The number of nitrogens with one attached hydrogen (secondary N) is 1. The Bertz CT molecular complexity index is 1250. The summed E-state index contributed by atoms with van der Waals surface area (Å²) in [6, 6.07) is -0.876. The van der Waals surface area contributed by atoms with Crippen molar-refractivity contribution in [1.82, 2.24) is 5.32 Å². The van der Waals surface area contributed by atoms with Crippen molar-refractivity contribution in [3.63, 3.8) is 0 Å². The third-order valence-corrected chi connectivity index (χ3v) is 11.1. The minimum Gasteiger partial charge on any atom is -0.387 e. The lowest BCUT2D eigenvalue weighted by Crippen LogP contribution is -2.45. The van der Waals surface area contributed by atoms with Gasteiger partial charge in [-0.25, -0.2) is 4.57 Å².